The molecule has 0 amide bonds. The number of anilines is 1. The fourth-order valence-electron chi connectivity index (χ4n) is 2.23. The van der Waals surface area contributed by atoms with E-state index in [2.05, 4.69) is 15.5 Å². The van der Waals surface area contributed by atoms with Gasteiger partial charge in [-0.1, -0.05) is 11.6 Å². The molecule has 0 saturated heterocycles. The van der Waals surface area contributed by atoms with Gasteiger partial charge in [-0.2, -0.15) is 5.10 Å². The first kappa shape index (κ1) is 16.7. The highest BCUT2D eigenvalue weighted by molar-refractivity contribution is 6.32. The molecule has 6 nitrogen and oxygen atoms in total. The number of carboxylic acids is 1. The molecule has 3 aromatic rings. The molecule has 1 heterocycles. The van der Waals surface area contributed by atoms with Gasteiger partial charge >= 0.3 is 5.97 Å². The Labute approximate surface area is 148 Å². The highest BCUT2D eigenvalue weighted by Gasteiger charge is 2.05. The van der Waals surface area contributed by atoms with Crippen LogP contribution in [0.15, 0.2) is 53.6 Å². The molecule has 2 aromatic carbocycles. The largest absolute Gasteiger partial charge is 0.497 e. The van der Waals surface area contributed by atoms with E-state index < -0.39 is 5.97 Å². The first-order chi connectivity index (χ1) is 12.1. The fourth-order valence-corrected chi connectivity index (χ4v) is 2.42. The number of nitrogens with zero attached hydrogens (tertiary/aromatic N) is 2. The lowest BCUT2D eigenvalue weighted by atomic mass is 10.1. The molecule has 25 heavy (non-hydrogen) atoms. The number of ether oxygens (including phenoxy) is 1. The second-order valence-electron chi connectivity index (χ2n) is 5.18. The van der Waals surface area contributed by atoms with Gasteiger partial charge in [0, 0.05) is 10.9 Å². The van der Waals surface area contributed by atoms with Crippen molar-refractivity contribution in [2.24, 2.45) is 5.10 Å². The molecular formula is C18H14ClN3O3. The number of aromatic nitrogens is 1. The van der Waals surface area contributed by atoms with Gasteiger partial charge in [-0.05, 0) is 48.5 Å². The standard InChI is InChI=1S/C18H14ClN3O3/c1-25-15-6-7-16-12(9-15)8-13(17(19)21-16)10-20-22-14-4-2-11(3-5-14)18(23)24/h2-10,22H,1H3,(H,23,24)/b20-10-. The van der Waals surface area contributed by atoms with Crippen molar-refractivity contribution in [3.8, 4) is 5.75 Å². The number of benzene rings is 2. The van der Waals surface area contributed by atoms with Crippen LogP contribution in [0.25, 0.3) is 10.9 Å². The normalized spacial score (nSPS) is 11.0. The third-order valence-corrected chi connectivity index (χ3v) is 3.83. The average molecular weight is 356 g/mol. The molecule has 7 heteroatoms. The van der Waals surface area contributed by atoms with E-state index in [9.17, 15) is 4.79 Å². The predicted octanol–water partition coefficient (Wildman–Crippen LogP) is 4.04. The lowest BCUT2D eigenvalue weighted by Crippen LogP contribution is -1.97. The molecular weight excluding hydrogens is 342 g/mol. The molecule has 0 radical (unpaired) electrons. The highest BCUT2D eigenvalue weighted by Crippen LogP contribution is 2.23. The number of methoxy groups -OCH3 is 1. The van der Waals surface area contributed by atoms with Crippen molar-refractivity contribution in [3.63, 3.8) is 0 Å². The van der Waals surface area contributed by atoms with Crippen LogP contribution in [-0.4, -0.2) is 29.4 Å². The Balaban J connectivity index is 1.80. The van der Waals surface area contributed by atoms with E-state index >= 15 is 0 Å². The Hall–Kier alpha value is -3.12. The van der Waals surface area contributed by atoms with E-state index in [-0.39, 0.29) is 5.56 Å². The SMILES string of the molecule is COc1ccc2nc(Cl)c(/C=N\Nc3ccc(C(=O)O)cc3)cc2c1. The lowest BCUT2D eigenvalue weighted by Gasteiger charge is -2.05. The van der Waals surface area contributed by atoms with Crippen LogP contribution in [0.2, 0.25) is 5.15 Å². The number of carbonyl (C=O) groups is 1. The predicted molar refractivity (Wildman–Crippen MR) is 97.9 cm³/mol. The van der Waals surface area contributed by atoms with E-state index in [1.165, 1.54) is 12.1 Å². The minimum atomic E-state index is -0.973. The van der Waals surface area contributed by atoms with E-state index in [0.29, 0.717) is 16.4 Å². The summed E-state index contributed by atoms with van der Waals surface area (Å²) in [6.45, 7) is 0. The van der Waals surface area contributed by atoms with Crippen LogP contribution in [0.4, 0.5) is 5.69 Å². The summed E-state index contributed by atoms with van der Waals surface area (Å²) in [5.41, 5.74) is 5.11. The van der Waals surface area contributed by atoms with Crippen LogP contribution < -0.4 is 10.2 Å². The third kappa shape index (κ3) is 3.87. The Morgan fingerprint density at radius 1 is 1.24 bits per heavy atom. The quantitative estimate of drug-likeness (QED) is 0.410. The van der Waals surface area contributed by atoms with Crippen LogP contribution in [-0.2, 0) is 0 Å². The lowest BCUT2D eigenvalue weighted by molar-refractivity contribution is 0.0697. The van der Waals surface area contributed by atoms with Crippen molar-refractivity contribution >= 4 is 40.4 Å². The smallest absolute Gasteiger partial charge is 0.335 e. The van der Waals surface area contributed by atoms with Crippen molar-refractivity contribution in [1.29, 1.82) is 0 Å². The summed E-state index contributed by atoms with van der Waals surface area (Å²) >= 11 is 6.19. The van der Waals surface area contributed by atoms with Gasteiger partial charge < -0.3 is 9.84 Å². The average Bonchev–Trinajstić information content (AvgIpc) is 2.62. The Kier molecular flexibility index (Phi) is 4.81. The molecule has 0 aliphatic rings. The summed E-state index contributed by atoms with van der Waals surface area (Å²) in [7, 11) is 1.60. The first-order valence-electron chi connectivity index (χ1n) is 7.33. The van der Waals surface area contributed by atoms with Crippen molar-refractivity contribution in [2.75, 3.05) is 12.5 Å². The van der Waals surface area contributed by atoms with E-state index in [0.717, 1.165) is 16.7 Å². The van der Waals surface area contributed by atoms with Gasteiger partial charge in [-0.25, -0.2) is 9.78 Å². The Morgan fingerprint density at radius 2 is 2.00 bits per heavy atom. The van der Waals surface area contributed by atoms with Crippen molar-refractivity contribution in [2.45, 2.75) is 0 Å². The van der Waals surface area contributed by atoms with Gasteiger partial charge in [0.05, 0.1) is 30.1 Å². The van der Waals surface area contributed by atoms with E-state index in [1.807, 2.05) is 24.3 Å². The molecule has 0 spiro atoms. The minimum absolute atomic E-state index is 0.213. The number of hydrogen-bond acceptors (Lipinski definition) is 5. The molecule has 3 rings (SSSR count). The Morgan fingerprint density at radius 3 is 2.68 bits per heavy atom. The molecule has 2 N–H and O–H groups in total. The van der Waals surface area contributed by atoms with Gasteiger partial charge in [0.25, 0.3) is 0 Å². The molecule has 126 valence electrons. The molecule has 0 fully saturated rings. The Bertz CT molecular complexity index is 956. The van der Waals surface area contributed by atoms with Gasteiger partial charge in [0.2, 0.25) is 0 Å². The maximum Gasteiger partial charge on any atom is 0.335 e. The molecule has 0 unspecified atom stereocenters. The number of hydrogen-bond donors (Lipinski definition) is 2. The topological polar surface area (TPSA) is 83.8 Å². The zero-order chi connectivity index (χ0) is 17.8. The van der Waals surface area contributed by atoms with Crippen molar-refractivity contribution < 1.29 is 14.6 Å². The van der Waals surface area contributed by atoms with Gasteiger partial charge in [0.1, 0.15) is 10.9 Å². The maximum atomic E-state index is 10.8. The van der Waals surface area contributed by atoms with Crippen molar-refractivity contribution in [1.82, 2.24) is 4.98 Å². The second kappa shape index (κ2) is 7.19. The first-order valence-corrected chi connectivity index (χ1v) is 7.71. The van der Waals surface area contributed by atoms with Crippen LogP contribution in [0, 0.1) is 0 Å². The number of aromatic carboxylic acids is 1. The van der Waals surface area contributed by atoms with Crippen molar-refractivity contribution in [3.05, 3.63) is 64.8 Å². The number of fused-ring (bicyclic) bond motifs is 1. The zero-order valence-electron chi connectivity index (χ0n) is 13.2. The molecule has 1 aromatic heterocycles. The summed E-state index contributed by atoms with van der Waals surface area (Å²) in [5, 5.41) is 14.2. The van der Waals surface area contributed by atoms with E-state index in [1.54, 1.807) is 25.5 Å². The van der Waals surface area contributed by atoms with Crippen LogP contribution in [0.1, 0.15) is 15.9 Å². The third-order valence-electron chi connectivity index (χ3n) is 3.53. The van der Waals surface area contributed by atoms with E-state index in [4.69, 9.17) is 21.4 Å². The maximum absolute atomic E-state index is 10.8. The second-order valence-corrected chi connectivity index (χ2v) is 5.54. The highest BCUT2D eigenvalue weighted by atomic mass is 35.5. The van der Waals surface area contributed by atoms with Crippen LogP contribution in [0.5, 0.6) is 5.75 Å². The molecule has 0 bridgehead atoms. The summed E-state index contributed by atoms with van der Waals surface area (Å²) in [5.74, 6) is -0.240. The number of carboxylic acid groups (broad SMARTS) is 1. The molecule has 0 aliphatic carbocycles. The summed E-state index contributed by atoms with van der Waals surface area (Å²) in [4.78, 5) is 15.2. The summed E-state index contributed by atoms with van der Waals surface area (Å²) in [6.07, 6.45) is 1.55. The molecule has 0 aliphatic heterocycles. The fraction of sp³-hybridized carbons (Fsp3) is 0.0556. The number of pyridine rings is 1. The van der Waals surface area contributed by atoms with Gasteiger partial charge in [0.15, 0.2) is 0 Å². The summed E-state index contributed by atoms with van der Waals surface area (Å²) in [6, 6.07) is 13.6. The number of rotatable bonds is 5. The van der Waals surface area contributed by atoms with Gasteiger partial charge in [-0.3, -0.25) is 5.43 Å². The number of hydrazone groups is 1. The number of nitrogens with one attached hydrogen (secondary N) is 1. The summed E-state index contributed by atoms with van der Waals surface area (Å²) < 4.78 is 5.21. The van der Waals surface area contributed by atoms with Crippen LogP contribution in [0.3, 0.4) is 0 Å². The molecule has 0 saturated carbocycles. The number of halogens is 1. The monoisotopic (exact) mass is 355 g/mol. The minimum Gasteiger partial charge on any atom is -0.497 e. The van der Waals surface area contributed by atoms with Crippen LogP contribution >= 0.6 is 11.6 Å². The zero-order valence-corrected chi connectivity index (χ0v) is 14.0. The molecule has 0 atom stereocenters. The van der Waals surface area contributed by atoms with Gasteiger partial charge in [-0.15, -0.1) is 0 Å².